The fourth-order valence-electron chi connectivity index (χ4n) is 4.69. The van der Waals surface area contributed by atoms with Gasteiger partial charge in [0.1, 0.15) is 22.9 Å². The highest BCUT2D eigenvalue weighted by Gasteiger charge is 2.64. The van der Waals surface area contributed by atoms with Crippen molar-refractivity contribution in [1.29, 1.82) is 0 Å². The second-order valence-electron chi connectivity index (χ2n) is 9.16. The third-order valence-corrected chi connectivity index (χ3v) is 6.98. The molecule has 1 amide bonds. The Kier molecular flexibility index (Phi) is 6.31. The van der Waals surface area contributed by atoms with Gasteiger partial charge in [0.15, 0.2) is 11.2 Å². The molecule has 1 aliphatic carbocycles. The fourth-order valence-corrected chi connectivity index (χ4v) is 4.69. The Morgan fingerprint density at radius 1 is 1.27 bits per heavy atom. The molecule has 2 fully saturated rings. The first-order chi connectivity index (χ1) is 17.6. The molecule has 2 atom stereocenters. The lowest BCUT2D eigenvalue weighted by Crippen LogP contribution is -2.67. The van der Waals surface area contributed by atoms with E-state index in [1.54, 1.807) is 36.0 Å². The van der Waals surface area contributed by atoms with Gasteiger partial charge in [0.2, 0.25) is 0 Å². The SMILES string of the molecule is CNc1cc(Nc2cccn(C3CCOCC3)c2=O)nc2c(C(=O)N[C@@H]3CC[C@]3(O)C(F)(F)F)cnn12. The van der Waals surface area contributed by atoms with Crippen LogP contribution in [0.5, 0.6) is 0 Å². The van der Waals surface area contributed by atoms with Crippen molar-refractivity contribution in [2.45, 2.75) is 49.5 Å². The summed E-state index contributed by atoms with van der Waals surface area (Å²) in [5, 5.41) is 22.3. The zero-order chi connectivity index (χ0) is 26.4. The van der Waals surface area contributed by atoms with Crippen LogP contribution in [0.25, 0.3) is 5.65 Å². The van der Waals surface area contributed by atoms with Crippen molar-refractivity contribution in [1.82, 2.24) is 24.5 Å². The van der Waals surface area contributed by atoms with Crippen LogP contribution in [-0.2, 0) is 4.74 Å². The number of aromatic nitrogens is 4. The predicted molar refractivity (Wildman–Crippen MR) is 127 cm³/mol. The van der Waals surface area contributed by atoms with E-state index in [9.17, 15) is 27.9 Å². The van der Waals surface area contributed by atoms with Crippen molar-refractivity contribution in [3.8, 4) is 0 Å². The smallest absolute Gasteiger partial charge is 0.381 e. The largest absolute Gasteiger partial charge is 0.419 e. The molecule has 2 aliphatic rings. The van der Waals surface area contributed by atoms with E-state index in [0.29, 0.717) is 19.0 Å². The van der Waals surface area contributed by atoms with Crippen LogP contribution >= 0.6 is 0 Å². The molecule has 3 aromatic rings. The van der Waals surface area contributed by atoms with Crippen LogP contribution in [0.1, 0.15) is 42.1 Å². The zero-order valence-corrected chi connectivity index (χ0v) is 19.9. The Bertz CT molecular complexity index is 1380. The summed E-state index contributed by atoms with van der Waals surface area (Å²) < 4.78 is 48.1. The minimum Gasteiger partial charge on any atom is -0.381 e. The molecule has 3 aromatic heterocycles. The Morgan fingerprint density at radius 2 is 2.03 bits per heavy atom. The Labute approximate surface area is 208 Å². The highest BCUT2D eigenvalue weighted by Crippen LogP contribution is 2.45. The van der Waals surface area contributed by atoms with Crippen LogP contribution in [-0.4, -0.2) is 68.3 Å². The van der Waals surface area contributed by atoms with Crippen LogP contribution in [0, 0.1) is 0 Å². The van der Waals surface area contributed by atoms with Gasteiger partial charge in [-0.2, -0.15) is 22.8 Å². The predicted octanol–water partition coefficient (Wildman–Crippen LogP) is 2.21. The van der Waals surface area contributed by atoms with Gasteiger partial charge in [0, 0.05) is 38.6 Å². The average Bonchev–Trinajstić information content (AvgIpc) is 3.31. The van der Waals surface area contributed by atoms with Gasteiger partial charge in [-0.1, -0.05) is 0 Å². The van der Waals surface area contributed by atoms with E-state index in [-0.39, 0.29) is 40.7 Å². The molecule has 0 radical (unpaired) electrons. The molecular formula is C23H26F3N7O4. The number of hydrogen-bond acceptors (Lipinski definition) is 8. The number of alkyl halides is 3. The number of nitrogens with zero attached hydrogens (tertiary/aromatic N) is 4. The van der Waals surface area contributed by atoms with Crippen LogP contribution < -0.4 is 21.5 Å². The Morgan fingerprint density at radius 3 is 2.68 bits per heavy atom. The number of hydrogen-bond donors (Lipinski definition) is 4. The maximum absolute atomic E-state index is 13.2. The van der Waals surface area contributed by atoms with Crippen molar-refractivity contribution in [2.75, 3.05) is 30.9 Å². The Hall–Kier alpha value is -3.65. The van der Waals surface area contributed by atoms with E-state index in [0.717, 1.165) is 12.8 Å². The number of ether oxygens (including phenoxy) is 1. The molecule has 1 saturated heterocycles. The van der Waals surface area contributed by atoms with Crippen LogP contribution in [0.4, 0.5) is 30.5 Å². The molecule has 0 spiro atoms. The van der Waals surface area contributed by atoms with Crippen molar-refractivity contribution >= 4 is 28.9 Å². The topological polar surface area (TPSA) is 135 Å². The number of fused-ring (bicyclic) bond motifs is 1. The van der Waals surface area contributed by atoms with Gasteiger partial charge in [-0.15, -0.1) is 0 Å². The van der Waals surface area contributed by atoms with E-state index in [1.807, 2.05) is 0 Å². The number of aliphatic hydroxyl groups is 1. The molecule has 0 unspecified atom stereocenters. The number of nitrogens with one attached hydrogen (secondary N) is 3. The maximum Gasteiger partial charge on any atom is 0.419 e. The first-order valence-corrected chi connectivity index (χ1v) is 11.8. The van der Waals surface area contributed by atoms with Crippen molar-refractivity contribution in [2.24, 2.45) is 0 Å². The van der Waals surface area contributed by atoms with Gasteiger partial charge < -0.3 is 30.4 Å². The summed E-state index contributed by atoms with van der Waals surface area (Å²) in [4.78, 5) is 30.4. The lowest BCUT2D eigenvalue weighted by molar-refractivity contribution is -0.296. The van der Waals surface area contributed by atoms with Gasteiger partial charge >= 0.3 is 6.18 Å². The van der Waals surface area contributed by atoms with Gasteiger partial charge in [0.05, 0.1) is 12.2 Å². The standard InChI is InChI=1S/C23H26F3N7O4/c1-27-18-11-17(29-15-3-2-8-32(21(15)35)13-5-9-37-10-6-13)31-19-14(12-28-33(18)19)20(34)30-16-4-7-22(16,36)23(24,25)26/h2-3,8,11-13,16,27,36H,4-7,9-10H2,1H3,(H,29,31)(H,30,34)/t16-,22-/m1/s1. The molecule has 14 heteroatoms. The second kappa shape index (κ2) is 9.34. The highest BCUT2D eigenvalue weighted by atomic mass is 19.4. The monoisotopic (exact) mass is 521 g/mol. The van der Waals surface area contributed by atoms with E-state index < -0.39 is 30.1 Å². The molecule has 1 saturated carbocycles. The third kappa shape index (κ3) is 4.39. The first kappa shape index (κ1) is 25.0. The molecule has 0 bridgehead atoms. The quantitative estimate of drug-likeness (QED) is 0.388. The summed E-state index contributed by atoms with van der Waals surface area (Å²) in [6, 6.07) is 3.48. The molecule has 0 aromatic carbocycles. The number of pyridine rings is 1. The molecule has 37 heavy (non-hydrogen) atoms. The number of anilines is 3. The highest BCUT2D eigenvalue weighted by molar-refractivity contribution is 6.00. The number of rotatable bonds is 6. The zero-order valence-electron chi connectivity index (χ0n) is 19.9. The number of amides is 1. The number of carbonyl (C=O) groups excluding carboxylic acids is 1. The minimum atomic E-state index is -4.87. The first-order valence-electron chi connectivity index (χ1n) is 11.8. The third-order valence-electron chi connectivity index (χ3n) is 6.98. The van der Waals surface area contributed by atoms with E-state index in [1.165, 1.54) is 10.7 Å². The van der Waals surface area contributed by atoms with Gasteiger partial charge in [-0.3, -0.25) is 9.59 Å². The molecule has 5 rings (SSSR count). The number of halogens is 3. The van der Waals surface area contributed by atoms with Crippen molar-refractivity contribution in [3.63, 3.8) is 0 Å². The van der Waals surface area contributed by atoms with Gasteiger partial charge in [0.25, 0.3) is 11.5 Å². The molecule has 11 nitrogen and oxygen atoms in total. The summed E-state index contributed by atoms with van der Waals surface area (Å²) in [6.07, 6.45) is -1.03. The molecule has 1 aliphatic heterocycles. The molecule has 4 heterocycles. The normalized spacial score (nSPS) is 22.5. The molecule has 198 valence electrons. The summed E-state index contributed by atoms with van der Waals surface area (Å²) in [7, 11) is 1.62. The minimum absolute atomic E-state index is 0.0123. The summed E-state index contributed by atoms with van der Waals surface area (Å²) in [6.45, 7) is 1.15. The van der Waals surface area contributed by atoms with Crippen LogP contribution in [0.2, 0.25) is 0 Å². The average molecular weight is 522 g/mol. The number of carbonyl (C=O) groups is 1. The molecular weight excluding hydrogens is 495 g/mol. The van der Waals surface area contributed by atoms with Crippen molar-refractivity contribution < 1.29 is 27.8 Å². The lowest BCUT2D eigenvalue weighted by atomic mass is 9.74. The van der Waals surface area contributed by atoms with Gasteiger partial charge in [-0.05, 0) is 37.8 Å². The fraction of sp³-hybridized carbons (Fsp3) is 0.478. The van der Waals surface area contributed by atoms with Gasteiger partial charge in [-0.25, -0.2) is 4.98 Å². The van der Waals surface area contributed by atoms with E-state index >= 15 is 0 Å². The molecule has 4 N–H and O–H groups in total. The Balaban J connectivity index is 1.44. The summed E-state index contributed by atoms with van der Waals surface area (Å²) >= 11 is 0. The van der Waals surface area contributed by atoms with Crippen molar-refractivity contribution in [3.05, 3.63) is 46.5 Å². The summed E-state index contributed by atoms with van der Waals surface area (Å²) in [5.41, 5.74) is -2.97. The maximum atomic E-state index is 13.2. The van der Waals surface area contributed by atoms with Crippen LogP contribution in [0.15, 0.2) is 35.4 Å². The van der Waals surface area contributed by atoms with Crippen LogP contribution in [0.3, 0.4) is 0 Å². The second-order valence-corrected chi connectivity index (χ2v) is 9.16. The lowest BCUT2D eigenvalue weighted by Gasteiger charge is -2.46. The van der Waals surface area contributed by atoms with E-state index in [2.05, 4.69) is 26.0 Å². The summed E-state index contributed by atoms with van der Waals surface area (Å²) in [5.74, 6) is -0.206. The van der Waals surface area contributed by atoms with E-state index in [4.69, 9.17) is 4.74 Å².